The Bertz CT molecular complexity index is 1150. The molecule has 146 valence electrons. The predicted molar refractivity (Wildman–Crippen MR) is 109 cm³/mol. The highest BCUT2D eigenvalue weighted by Crippen LogP contribution is 2.23. The number of hydrogen-bond donors (Lipinski definition) is 1. The minimum absolute atomic E-state index is 0.160. The standard InChI is InChI=1S/C19H17Cl2N3O3S/c20-14-2-1-3-16(12-14)28(26,27)24-8-6-23(7-9-24)19(25)18-11-13-10-15(21)4-5-17(13)22-18/h1-5,10-12,22H,6-9H2. The molecule has 28 heavy (non-hydrogen) atoms. The van der Waals surface area contributed by atoms with Gasteiger partial charge in [-0.25, -0.2) is 8.42 Å². The van der Waals surface area contributed by atoms with E-state index in [9.17, 15) is 13.2 Å². The molecule has 0 saturated carbocycles. The molecule has 3 aromatic rings. The van der Waals surface area contributed by atoms with Gasteiger partial charge in [0.25, 0.3) is 5.91 Å². The van der Waals surface area contributed by atoms with Gasteiger partial charge >= 0.3 is 0 Å². The average molecular weight is 438 g/mol. The molecule has 0 bridgehead atoms. The van der Waals surface area contributed by atoms with E-state index in [4.69, 9.17) is 23.2 Å². The summed E-state index contributed by atoms with van der Waals surface area (Å²) in [5, 5.41) is 1.83. The van der Waals surface area contributed by atoms with E-state index in [1.165, 1.54) is 16.4 Å². The van der Waals surface area contributed by atoms with E-state index >= 15 is 0 Å². The van der Waals surface area contributed by atoms with Crippen LogP contribution in [0.15, 0.2) is 53.4 Å². The number of aromatic nitrogens is 1. The molecule has 0 aliphatic carbocycles. The quantitative estimate of drug-likeness (QED) is 0.679. The Labute approximate surface area is 172 Å². The minimum atomic E-state index is -3.64. The smallest absolute Gasteiger partial charge is 0.270 e. The topological polar surface area (TPSA) is 73.5 Å². The van der Waals surface area contributed by atoms with E-state index in [1.807, 2.05) is 6.07 Å². The van der Waals surface area contributed by atoms with Crippen molar-refractivity contribution in [2.75, 3.05) is 26.2 Å². The summed E-state index contributed by atoms with van der Waals surface area (Å²) in [5.41, 5.74) is 1.29. The highest BCUT2D eigenvalue weighted by atomic mass is 35.5. The van der Waals surface area contributed by atoms with Crippen molar-refractivity contribution in [1.29, 1.82) is 0 Å². The van der Waals surface area contributed by atoms with Gasteiger partial charge in [0.15, 0.2) is 0 Å². The number of nitrogens with zero attached hydrogens (tertiary/aromatic N) is 2. The zero-order valence-electron chi connectivity index (χ0n) is 14.7. The maximum atomic E-state index is 12.8. The van der Waals surface area contributed by atoms with Gasteiger partial charge in [0.05, 0.1) is 4.90 Å². The number of H-pyrrole nitrogens is 1. The number of sulfonamides is 1. The van der Waals surface area contributed by atoms with E-state index in [0.29, 0.717) is 28.8 Å². The normalized spacial score (nSPS) is 15.9. The number of halogens is 2. The molecule has 1 saturated heterocycles. The summed E-state index contributed by atoms with van der Waals surface area (Å²) in [6.45, 7) is 1.09. The van der Waals surface area contributed by atoms with Gasteiger partial charge in [-0.1, -0.05) is 29.3 Å². The van der Waals surface area contributed by atoms with Gasteiger partial charge in [-0.05, 0) is 42.5 Å². The number of hydrogen-bond acceptors (Lipinski definition) is 3. The fourth-order valence-corrected chi connectivity index (χ4v) is 5.20. The lowest BCUT2D eigenvalue weighted by Crippen LogP contribution is -2.50. The maximum Gasteiger partial charge on any atom is 0.270 e. The van der Waals surface area contributed by atoms with Crippen LogP contribution >= 0.6 is 23.2 Å². The van der Waals surface area contributed by atoms with Gasteiger partial charge in [-0.3, -0.25) is 4.79 Å². The summed E-state index contributed by atoms with van der Waals surface area (Å²) in [5.74, 6) is -0.160. The third-order valence-corrected chi connectivity index (χ3v) is 7.14. The van der Waals surface area contributed by atoms with Crippen LogP contribution in [0.4, 0.5) is 0 Å². The fraction of sp³-hybridized carbons (Fsp3) is 0.211. The second-order valence-corrected chi connectivity index (χ2v) is 9.38. The first-order valence-electron chi connectivity index (χ1n) is 8.68. The number of aromatic amines is 1. The third kappa shape index (κ3) is 3.63. The molecule has 2 heterocycles. The van der Waals surface area contributed by atoms with Crippen molar-refractivity contribution in [3.8, 4) is 0 Å². The fourth-order valence-electron chi connectivity index (χ4n) is 3.30. The molecule has 2 aromatic carbocycles. The van der Waals surface area contributed by atoms with Crippen LogP contribution in [0.2, 0.25) is 10.0 Å². The summed E-state index contributed by atoms with van der Waals surface area (Å²) < 4.78 is 26.9. The lowest BCUT2D eigenvalue weighted by Gasteiger charge is -2.33. The second kappa shape index (κ2) is 7.40. The molecule has 1 aromatic heterocycles. The molecule has 0 unspecified atom stereocenters. The zero-order valence-corrected chi connectivity index (χ0v) is 17.1. The largest absolute Gasteiger partial charge is 0.351 e. The molecule has 1 fully saturated rings. The summed E-state index contributed by atoms with van der Waals surface area (Å²) >= 11 is 11.9. The molecule has 6 nitrogen and oxygen atoms in total. The number of benzene rings is 2. The van der Waals surface area contributed by atoms with Crippen LogP contribution in [0.1, 0.15) is 10.5 Å². The number of carbonyl (C=O) groups is 1. The molecule has 0 spiro atoms. The average Bonchev–Trinajstić information content (AvgIpc) is 3.10. The molecule has 9 heteroatoms. The number of carbonyl (C=O) groups excluding carboxylic acids is 1. The molecule has 1 N–H and O–H groups in total. The van der Waals surface area contributed by atoms with Crippen molar-refractivity contribution in [1.82, 2.24) is 14.2 Å². The number of fused-ring (bicyclic) bond motifs is 1. The van der Waals surface area contributed by atoms with Crippen LogP contribution < -0.4 is 0 Å². The van der Waals surface area contributed by atoms with Crippen LogP contribution in [0.3, 0.4) is 0 Å². The first kappa shape index (κ1) is 19.3. The van der Waals surface area contributed by atoms with Gasteiger partial charge in [-0.15, -0.1) is 0 Å². The first-order valence-corrected chi connectivity index (χ1v) is 10.9. The Morgan fingerprint density at radius 1 is 0.929 bits per heavy atom. The highest BCUT2D eigenvalue weighted by molar-refractivity contribution is 7.89. The van der Waals surface area contributed by atoms with E-state index < -0.39 is 10.0 Å². The van der Waals surface area contributed by atoms with Crippen molar-refractivity contribution >= 4 is 50.0 Å². The van der Waals surface area contributed by atoms with Crippen LogP contribution in [0, 0.1) is 0 Å². The molecule has 0 radical (unpaired) electrons. The predicted octanol–water partition coefficient (Wildman–Crippen LogP) is 3.62. The molecular weight excluding hydrogens is 421 g/mol. The molecule has 0 atom stereocenters. The van der Waals surface area contributed by atoms with Gasteiger partial charge in [0.2, 0.25) is 10.0 Å². The Balaban J connectivity index is 1.48. The number of nitrogens with one attached hydrogen (secondary N) is 1. The monoisotopic (exact) mass is 437 g/mol. The summed E-state index contributed by atoms with van der Waals surface area (Å²) in [6.07, 6.45) is 0. The summed E-state index contributed by atoms with van der Waals surface area (Å²) in [4.78, 5) is 17.7. The van der Waals surface area contributed by atoms with Crippen molar-refractivity contribution < 1.29 is 13.2 Å². The van der Waals surface area contributed by atoms with Gasteiger partial charge in [0, 0.05) is 47.1 Å². The summed E-state index contributed by atoms with van der Waals surface area (Å²) in [7, 11) is -3.64. The first-order chi connectivity index (χ1) is 13.3. The minimum Gasteiger partial charge on any atom is -0.351 e. The Hall–Kier alpha value is -2.06. The van der Waals surface area contributed by atoms with Crippen molar-refractivity contribution in [2.24, 2.45) is 0 Å². The molecular formula is C19H17Cl2N3O3S. The van der Waals surface area contributed by atoms with Gasteiger partial charge in [0.1, 0.15) is 5.69 Å². The number of amides is 1. The Kier molecular flexibility index (Phi) is 5.09. The van der Waals surface area contributed by atoms with E-state index in [1.54, 1.807) is 35.2 Å². The third-order valence-electron chi connectivity index (χ3n) is 4.77. The van der Waals surface area contributed by atoms with E-state index in [-0.39, 0.29) is 23.9 Å². The van der Waals surface area contributed by atoms with Crippen LogP contribution in [0.25, 0.3) is 10.9 Å². The number of piperazine rings is 1. The lowest BCUT2D eigenvalue weighted by molar-refractivity contribution is 0.0693. The molecule has 1 aliphatic heterocycles. The second-order valence-electron chi connectivity index (χ2n) is 6.57. The maximum absolute atomic E-state index is 12.8. The molecule has 4 rings (SSSR count). The molecule has 1 amide bonds. The Morgan fingerprint density at radius 2 is 1.64 bits per heavy atom. The summed E-state index contributed by atoms with van der Waals surface area (Å²) in [6, 6.07) is 13.3. The van der Waals surface area contributed by atoms with E-state index in [2.05, 4.69) is 4.98 Å². The Morgan fingerprint density at radius 3 is 2.36 bits per heavy atom. The van der Waals surface area contributed by atoms with Crippen molar-refractivity contribution in [3.05, 3.63) is 64.3 Å². The lowest BCUT2D eigenvalue weighted by atomic mass is 10.2. The van der Waals surface area contributed by atoms with Gasteiger partial charge < -0.3 is 9.88 Å². The highest BCUT2D eigenvalue weighted by Gasteiger charge is 2.31. The van der Waals surface area contributed by atoms with Crippen molar-refractivity contribution in [3.63, 3.8) is 0 Å². The number of rotatable bonds is 3. The van der Waals surface area contributed by atoms with Crippen LogP contribution in [0.5, 0.6) is 0 Å². The van der Waals surface area contributed by atoms with Crippen molar-refractivity contribution in [2.45, 2.75) is 4.90 Å². The van der Waals surface area contributed by atoms with Crippen LogP contribution in [-0.2, 0) is 10.0 Å². The molecule has 1 aliphatic rings. The zero-order chi connectivity index (χ0) is 19.9. The van der Waals surface area contributed by atoms with Gasteiger partial charge in [-0.2, -0.15) is 4.31 Å². The van der Waals surface area contributed by atoms with Crippen LogP contribution in [-0.4, -0.2) is 54.7 Å². The van der Waals surface area contributed by atoms with E-state index in [0.717, 1.165) is 10.9 Å². The SMILES string of the molecule is O=C(c1cc2cc(Cl)ccc2[nH]1)N1CCN(S(=O)(=O)c2cccc(Cl)c2)CC1.